The number of hydrazone groups is 2. The van der Waals surface area contributed by atoms with Crippen LogP contribution in [0.5, 0.6) is 11.5 Å². The normalized spacial score (nSPS) is 19.9. The molecule has 0 radical (unpaired) electrons. The molecule has 0 saturated heterocycles. The molecular weight excluding hydrogens is 256 g/mol. The molecule has 0 fully saturated rings. The lowest BCUT2D eigenvalue weighted by atomic mass is 10.1. The van der Waals surface area contributed by atoms with E-state index >= 15 is 0 Å². The molecule has 6 heteroatoms. The number of benzene rings is 1. The van der Waals surface area contributed by atoms with Crippen LogP contribution in [0.2, 0.25) is 0 Å². The number of hydrogen-bond acceptors (Lipinski definition) is 6. The molecule has 20 heavy (non-hydrogen) atoms. The fraction of sp³-hybridized carbons (Fsp3) is 0.286. The third kappa shape index (κ3) is 1.99. The topological polar surface area (TPSA) is 58.5 Å². The number of nitrogens with zero attached hydrogens (tertiary/aromatic N) is 3. The van der Waals surface area contributed by atoms with Gasteiger partial charge in [0.1, 0.15) is 5.84 Å². The molecule has 2 aliphatic rings. The second-order valence-corrected chi connectivity index (χ2v) is 4.49. The monoisotopic (exact) mass is 272 g/mol. The Bertz CT molecular complexity index is 622. The highest BCUT2D eigenvalue weighted by molar-refractivity contribution is 6.10. The van der Waals surface area contributed by atoms with Gasteiger partial charge in [0.15, 0.2) is 17.7 Å². The molecule has 0 bridgehead atoms. The fourth-order valence-electron chi connectivity index (χ4n) is 2.21. The van der Waals surface area contributed by atoms with E-state index in [9.17, 15) is 0 Å². The zero-order valence-electron chi connectivity index (χ0n) is 11.6. The average Bonchev–Trinajstić information content (AvgIpc) is 2.87. The highest BCUT2D eigenvalue weighted by atomic mass is 16.5. The smallest absolute Gasteiger partial charge is 0.161 e. The van der Waals surface area contributed by atoms with Crippen molar-refractivity contribution in [1.82, 2.24) is 10.4 Å². The number of ether oxygens (including phenoxy) is 2. The zero-order valence-corrected chi connectivity index (χ0v) is 11.6. The molecule has 0 aliphatic carbocycles. The van der Waals surface area contributed by atoms with E-state index in [1.54, 1.807) is 14.2 Å². The highest BCUT2D eigenvalue weighted by Gasteiger charge is 2.25. The standard InChI is InChI=1S/C14H16N4O2/c1-9-15-16-14-7-5-11(17-18(9)14)10-4-6-12(19-2)13(8-10)20-3/h4-8,14,16H,1-3H3. The van der Waals surface area contributed by atoms with Gasteiger partial charge in [0.2, 0.25) is 0 Å². The van der Waals surface area contributed by atoms with Crippen molar-refractivity contribution in [3.8, 4) is 11.5 Å². The van der Waals surface area contributed by atoms with Gasteiger partial charge in [-0.15, -0.1) is 0 Å². The largest absolute Gasteiger partial charge is 0.493 e. The SMILES string of the molecule is COc1ccc(C2=NN3C(C)=NNC3C=C2)cc1OC. The quantitative estimate of drug-likeness (QED) is 0.907. The van der Waals surface area contributed by atoms with Gasteiger partial charge in [-0.2, -0.15) is 10.2 Å². The summed E-state index contributed by atoms with van der Waals surface area (Å²) >= 11 is 0. The molecule has 0 spiro atoms. The lowest BCUT2D eigenvalue weighted by Crippen LogP contribution is -2.37. The van der Waals surface area contributed by atoms with E-state index in [0.29, 0.717) is 11.5 Å². The van der Waals surface area contributed by atoms with E-state index < -0.39 is 0 Å². The van der Waals surface area contributed by atoms with Crippen molar-refractivity contribution in [2.45, 2.75) is 13.1 Å². The summed E-state index contributed by atoms with van der Waals surface area (Å²) < 4.78 is 10.6. The van der Waals surface area contributed by atoms with Crippen LogP contribution in [0.15, 0.2) is 40.6 Å². The Hall–Kier alpha value is -2.50. The Labute approximate surface area is 117 Å². The summed E-state index contributed by atoms with van der Waals surface area (Å²) in [7, 11) is 3.24. The summed E-state index contributed by atoms with van der Waals surface area (Å²) in [5.74, 6) is 2.24. The second kappa shape index (κ2) is 4.88. The van der Waals surface area contributed by atoms with Gasteiger partial charge in [-0.1, -0.05) is 0 Å². The minimum atomic E-state index is 0.0129. The first-order chi connectivity index (χ1) is 9.72. The maximum atomic E-state index is 5.32. The van der Waals surface area contributed by atoms with Crippen LogP contribution in [0.3, 0.4) is 0 Å². The number of amidine groups is 1. The number of rotatable bonds is 3. The van der Waals surface area contributed by atoms with Crippen molar-refractivity contribution in [2.24, 2.45) is 10.2 Å². The zero-order chi connectivity index (χ0) is 14.1. The maximum absolute atomic E-state index is 5.32. The Morgan fingerprint density at radius 2 is 2.00 bits per heavy atom. The third-order valence-electron chi connectivity index (χ3n) is 3.28. The Kier molecular flexibility index (Phi) is 3.06. The summed E-state index contributed by atoms with van der Waals surface area (Å²) in [5, 5.41) is 10.6. The van der Waals surface area contributed by atoms with Gasteiger partial charge in [-0.3, -0.25) is 5.43 Å². The van der Waals surface area contributed by atoms with E-state index in [2.05, 4.69) is 15.6 Å². The average molecular weight is 272 g/mol. The van der Waals surface area contributed by atoms with E-state index in [4.69, 9.17) is 9.47 Å². The van der Waals surface area contributed by atoms with Crippen LogP contribution in [0.1, 0.15) is 12.5 Å². The first-order valence-corrected chi connectivity index (χ1v) is 6.31. The van der Waals surface area contributed by atoms with E-state index in [0.717, 1.165) is 17.1 Å². The number of hydrogen-bond donors (Lipinski definition) is 1. The molecule has 1 aromatic carbocycles. The predicted molar refractivity (Wildman–Crippen MR) is 77.1 cm³/mol. The summed E-state index contributed by atoms with van der Waals surface area (Å²) in [6.45, 7) is 1.92. The van der Waals surface area contributed by atoms with Crippen LogP contribution in [-0.4, -0.2) is 36.9 Å². The lowest BCUT2D eigenvalue weighted by molar-refractivity contribution is 0.354. The molecule has 0 aromatic heterocycles. The third-order valence-corrected chi connectivity index (χ3v) is 3.28. The van der Waals surface area contributed by atoms with Gasteiger partial charge < -0.3 is 9.47 Å². The minimum absolute atomic E-state index is 0.0129. The summed E-state index contributed by atoms with van der Waals surface area (Å²) in [4.78, 5) is 0. The minimum Gasteiger partial charge on any atom is -0.493 e. The van der Waals surface area contributed by atoms with Crippen molar-refractivity contribution >= 4 is 11.5 Å². The molecule has 1 unspecified atom stereocenters. The molecule has 1 atom stereocenters. The Morgan fingerprint density at radius 1 is 1.20 bits per heavy atom. The predicted octanol–water partition coefficient (Wildman–Crippen LogP) is 1.54. The van der Waals surface area contributed by atoms with Gasteiger partial charge in [0.05, 0.1) is 19.9 Å². The summed E-state index contributed by atoms with van der Waals surface area (Å²) in [6, 6.07) is 5.75. The molecule has 6 nitrogen and oxygen atoms in total. The molecule has 2 heterocycles. The van der Waals surface area contributed by atoms with E-state index in [-0.39, 0.29) is 6.17 Å². The molecule has 0 saturated carbocycles. The van der Waals surface area contributed by atoms with Crippen molar-refractivity contribution < 1.29 is 9.47 Å². The van der Waals surface area contributed by atoms with Gasteiger partial charge in [-0.25, -0.2) is 5.01 Å². The number of allylic oxidation sites excluding steroid dienone is 1. The van der Waals surface area contributed by atoms with Crippen molar-refractivity contribution in [3.05, 3.63) is 35.9 Å². The molecular formula is C14H16N4O2. The van der Waals surface area contributed by atoms with Gasteiger partial charge in [0, 0.05) is 5.56 Å². The number of fused-ring (bicyclic) bond motifs is 1. The molecule has 2 aliphatic heterocycles. The Balaban J connectivity index is 1.95. The Morgan fingerprint density at radius 3 is 2.75 bits per heavy atom. The van der Waals surface area contributed by atoms with Gasteiger partial charge >= 0.3 is 0 Å². The van der Waals surface area contributed by atoms with Crippen LogP contribution < -0.4 is 14.9 Å². The number of methoxy groups -OCH3 is 2. The van der Waals surface area contributed by atoms with Crippen LogP contribution in [0.25, 0.3) is 0 Å². The van der Waals surface area contributed by atoms with Crippen molar-refractivity contribution in [3.63, 3.8) is 0 Å². The van der Waals surface area contributed by atoms with Gasteiger partial charge in [0.25, 0.3) is 0 Å². The van der Waals surface area contributed by atoms with Crippen LogP contribution in [0.4, 0.5) is 0 Å². The van der Waals surface area contributed by atoms with Crippen molar-refractivity contribution in [1.29, 1.82) is 0 Å². The molecule has 1 N–H and O–H groups in total. The first kappa shape index (κ1) is 12.5. The molecule has 104 valence electrons. The van der Waals surface area contributed by atoms with Crippen LogP contribution in [0, 0.1) is 0 Å². The second-order valence-electron chi connectivity index (χ2n) is 4.49. The summed E-state index contributed by atoms with van der Waals surface area (Å²) in [5.41, 5.74) is 4.83. The van der Waals surface area contributed by atoms with Gasteiger partial charge in [-0.05, 0) is 37.3 Å². The van der Waals surface area contributed by atoms with Crippen LogP contribution in [-0.2, 0) is 0 Å². The van der Waals surface area contributed by atoms with E-state index in [1.165, 1.54) is 0 Å². The number of nitrogens with one attached hydrogen (secondary N) is 1. The van der Waals surface area contributed by atoms with E-state index in [1.807, 2.05) is 42.3 Å². The molecule has 3 rings (SSSR count). The van der Waals surface area contributed by atoms with Crippen molar-refractivity contribution in [2.75, 3.05) is 14.2 Å². The highest BCUT2D eigenvalue weighted by Crippen LogP contribution is 2.28. The first-order valence-electron chi connectivity index (χ1n) is 6.31. The molecule has 1 aromatic rings. The molecule has 0 amide bonds. The summed E-state index contributed by atoms with van der Waals surface area (Å²) in [6.07, 6.45) is 4.02. The fourth-order valence-corrected chi connectivity index (χ4v) is 2.21. The lowest BCUT2D eigenvalue weighted by Gasteiger charge is -2.23. The maximum Gasteiger partial charge on any atom is 0.161 e. The van der Waals surface area contributed by atoms with Crippen LogP contribution >= 0.6 is 0 Å².